The van der Waals surface area contributed by atoms with Crippen molar-refractivity contribution in [2.75, 3.05) is 0 Å². The molecule has 28 heavy (non-hydrogen) atoms. The quantitative estimate of drug-likeness (QED) is 0.552. The highest BCUT2D eigenvalue weighted by atomic mass is 32.1. The molecule has 2 N–H and O–H groups in total. The molecule has 0 aromatic carbocycles. The minimum Gasteiger partial charge on any atom is -0.370 e. The highest BCUT2D eigenvalue weighted by Gasteiger charge is 2.32. The fourth-order valence-electron chi connectivity index (χ4n) is 3.57. The van der Waals surface area contributed by atoms with Gasteiger partial charge in [-0.2, -0.15) is 4.52 Å². The molecule has 0 spiro atoms. The van der Waals surface area contributed by atoms with Crippen LogP contribution in [-0.2, 0) is 29.1 Å². The predicted molar refractivity (Wildman–Crippen MR) is 108 cm³/mol. The van der Waals surface area contributed by atoms with Gasteiger partial charge in [-0.25, -0.2) is 9.78 Å². The number of hydrogen-bond donors (Lipinski definition) is 1. The van der Waals surface area contributed by atoms with Gasteiger partial charge in [-0.3, -0.25) is 9.36 Å². The maximum absolute atomic E-state index is 13.1. The first-order valence-electron chi connectivity index (χ1n) is 8.74. The number of rotatable bonds is 3. The molecule has 10 heteroatoms. The Hall–Kier alpha value is -2.56. The monoisotopic (exact) mass is 415 g/mol. The zero-order valence-electron chi connectivity index (χ0n) is 15.3. The van der Waals surface area contributed by atoms with Crippen LogP contribution in [0.1, 0.15) is 24.3 Å². The van der Waals surface area contributed by atoms with Gasteiger partial charge in [0.05, 0.1) is 22.5 Å². The molecule has 4 aromatic heterocycles. The van der Waals surface area contributed by atoms with Crippen molar-refractivity contribution >= 4 is 44.4 Å². The molecule has 0 unspecified atom stereocenters. The third-order valence-corrected chi connectivity index (χ3v) is 6.91. The number of hydrogen-bond acceptors (Lipinski definition) is 7. The number of amides is 1. The van der Waals surface area contributed by atoms with E-state index in [1.54, 1.807) is 0 Å². The normalized spacial score (nSPS) is 15.9. The Bertz CT molecular complexity index is 1300. The lowest BCUT2D eigenvalue weighted by Crippen LogP contribution is -2.33. The van der Waals surface area contributed by atoms with Crippen LogP contribution in [0.3, 0.4) is 0 Å². The van der Waals surface area contributed by atoms with Crippen LogP contribution in [0.4, 0.5) is 0 Å². The van der Waals surface area contributed by atoms with Crippen molar-refractivity contribution in [3.05, 3.63) is 38.4 Å². The highest BCUT2D eigenvalue weighted by Crippen LogP contribution is 2.40. The van der Waals surface area contributed by atoms with Crippen molar-refractivity contribution in [2.24, 2.45) is 5.73 Å². The van der Waals surface area contributed by atoms with Gasteiger partial charge in [0.15, 0.2) is 11.5 Å². The molecule has 1 amide bonds. The van der Waals surface area contributed by atoms with Crippen molar-refractivity contribution < 1.29 is 9.53 Å². The van der Waals surface area contributed by atoms with E-state index in [1.165, 1.54) is 31.8 Å². The molecule has 0 atom stereocenters. The summed E-state index contributed by atoms with van der Waals surface area (Å²) in [6.07, 6.45) is 0.688. The van der Waals surface area contributed by atoms with Crippen LogP contribution in [0.5, 0.6) is 0 Å². The Morgan fingerprint density at radius 3 is 2.96 bits per heavy atom. The van der Waals surface area contributed by atoms with Gasteiger partial charge in [-0.1, -0.05) is 6.07 Å². The number of fused-ring (bicyclic) bond motifs is 5. The molecular formula is C18H17N5O3S2. The van der Waals surface area contributed by atoms with Gasteiger partial charge in [0.1, 0.15) is 11.4 Å². The number of ether oxygens (including phenoxy) is 1. The van der Waals surface area contributed by atoms with E-state index in [1.807, 2.05) is 31.4 Å². The Balaban J connectivity index is 1.90. The van der Waals surface area contributed by atoms with E-state index in [0.717, 1.165) is 20.7 Å². The Morgan fingerprint density at radius 2 is 2.25 bits per heavy atom. The van der Waals surface area contributed by atoms with E-state index in [9.17, 15) is 9.59 Å². The smallest absolute Gasteiger partial charge is 0.352 e. The fourth-order valence-corrected chi connectivity index (χ4v) is 5.44. The van der Waals surface area contributed by atoms with E-state index in [-0.39, 0.29) is 12.1 Å². The first-order valence-corrected chi connectivity index (χ1v) is 10.4. The topological polar surface area (TPSA) is 105 Å². The van der Waals surface area contributed by atoms with Crippen molar-refractivity contribution in [2.45, 2.75) is 39.0 Å². The highest BCUT2D eigenvalue weighted by molar-refractivity contribution is 7.19. The van der Waals surface area contributed by atoms with Crippen LogP contribution in [0, 0.1) is 0 Å². The summed E-state index contributed by atoms with van der Waals surface area (Å²) in [5, 5.41) is 7.23. The predicted octanol–water partition coefficient (Wildman–Crippen LogP) is 2.17. The maximum atomic E-state index is 13.1. The maximum Gasteiger partial charge on any atom is 0.352 e. The van der Waals surface area contributed by atoms with Crippen molar-refractivity contribution in [3.8, 4) is 10.7 Å². The zero-order valence-corrected chi connectivity index (χ0v) is 16.9. The summed E-state index contributed by atoms with van der Waals surface area (Å²) in [4.78, 5) is 32.0. The number of nitrogens with two attached hydrogens (primary N) is 1. The molecule has 0 bridgehead atoms. The minimum atomic E-state index is -0.579. The summed E-state index contributed by atoms with van der Waals surface area (Å²) in [5.41, 5.74) is 6.29. The molecule has 0 saturated heterocycles. The Kier molecular flexibility index (Phi) is 3.74. The lowest BCUT2D eigenvalue weighted by molar-refractivity contribution is -0.118. The van der Waals surface area contributed by atoms with Crippen molar-refractivity contribution in [1.29, 1.82) is 0 Å². The van der Waals surface area contributed by atoms with E-state index in [2.05, 4.69) is 5.10 Å². The second-order valence-corrected chi connectivity index (χ2v) is 9.42. The van der Waals surface area contributed by atoms with E-state index >= 15 is 0 Å². The second kappa shape index (κ2) is 5.97. The summed E-state index contributed by atoms with van der Waals surface area (Å²) in [7, 11) is 0. The molecule has 1 aliphatic heterocycles. The Morgan fingerprint density at radius 1 is 1.43 bits per heavy atom. The number of nitrogens with zero attached hydrogens (tertiary/aromatic N) is 4. The molecule has 1 aliphatic rings. The molecule has 5 heterocycles. The molecule has 8 nitrogen and oxygen atoms in total. The Labute approximate surface area is 167 Å². The summed E-state index contributed by atoms with van der Waals surface area (Å²) >= 11 is 2.97. The standard InChI is InChI=1S/C18H17N5O3S2/c1-18(2)6-9-11(8-26-18)28-16-13(9)15-20-14(10-4-3-5-27-10)21-23(15)17(25)22(16)7-12(19)24/h3-5H,6-8H2,1-2H3,(H2,19,24). The average molecular weight is 416 g/mol. The van der Waals surface area contributed by atoms with Gasteiger partial charge in [0.2, 0.25) is 5.91 Å². The number of aromatic nitrogens is 4. The molecule has 5 rings (SSSR count). The molecule has 144 valence electrons. The largest absolute Gasteiger partial charge is 0.370 e. The summed E-state index contributed by atoms with van der Waals surface area (Å²) in [5.74, 6) is -0.0826. The van der Waals surface area contributed by atoms with Crippen LogP contribution in [0.15, 0.2) is 22.3 Å². The molecular weight excluding hydrogens is 398 g/mol. The average Bonchev–Trinajstić information content (AvgIpc) is 3.34. The molecule has 0 saturated carbocycles. The van der Waals surface area contributed by atoms with Crippen LogP contribution >= 0.6 is 22.7 Å². The fraction of sp³-hybridized carbons (Fsp3) is 0.333. The summed E-state index contributed by atoms with van der Waals surface area (Å²) in [6.45, 7) is 4.33. The minimum absolute atomic E-state index is 0.205. The number of carbonyl (C=O) groups excluding carboxylic acids is 1. The molecule has 4 aromatic rings. The lowest BCUT2D eigenvalue weighted by Gasteiger charge is -2.30. The number of primary amides is 1. The van der Waals surface area contributed by atoms with Crippen LogP contribution in [0.2, 0.25) is 0 Å². The van der Waals surface area contributed by atoms with Crippen LogP contribution in [0.25, 0.3) is 26.6 Å². The first kappa shape index (κ1) is 17.5. The zero-order chi connectivity index (χ0) is 19.6. The molecule has 0 fully saturated rings. The second-order valence-electron chi connectivity index (χ2n) is 7.39. The SMILES string of the molecule is CC1(C)Cc2c(sc3c2c2nc(-c4cccs4)nn2c(=O)n3CC(N)=O)CO1. The van der Waals surface area contributed by atoms with Gasteiger partial charge < -0.3 is 10.5 Å². The number of carbonyl (C=O) groups is 1. The summed E-state index contributed by atoms with van der Waals surface area (Å²) in [6, 6.07) is 3.83. The van der Waals surface area contributed by atoms with Gasteiger partial charge in [0, 0.05) is 11.3 Å². The van der Waals surface area contributed by atoms with E-state index in [0.29, 0.717) is 29.3 Å². The van der Waals surface area contributed by atoms with E-state index in [4.69, 9.17) is 15.5 Å². The van der Waals surface area contributed by atoms with Crippen molar-refractivity contribution in [3.63, 3.8) is 0 Å². The van der Waals surface area contributed by atoms with Gasteiger partial charge in [-0.15, -0.1) is 27.8 Å². The lowest BCUT2D eigenvalue weighted by atomic mass is 9.94. The molecule has 0 radical (unpaired) electrons. The van der Waals surface area contributed by atoms with E-state index < -0.39 is 11.6 Å². The van der Waals surface area contributed by atoms with Crippen LogP contribution in [-0.4, -0.2) is 30.7 Å². The van der Waals surface area contributed by atoms with Gasteiger partial charge in [-0.05, 0) is 30.9 Å². The third kappa shape index (κ3) is 2.60. The van der Waals surface area contributed by atoms with Crippen molar-refractivity contribution in [1.82, 2.24) is 19.2 Å². The van der Waals surface area contributed by atoms with Gasteiger partial charge >= 0.3 is 5.69 Å². The third-order valence-electron chi connectivity index (χ3n) is 4.81. The molecule has 0 aliphatic carbocycles. The first-order chi connectivity index (χ1) is 13.3. The van der Waals surface area contributed by atoms with Gasteiger partial charge in [0.25, 0.3) is 0 Å². The van der Waals surface area contributed by atoms with Crippen LogP contribution < -0.4 is 11.4 Å². The number of thiophene rings is 2. The summed E-state index contributed by atoms with van der Waals surface area (Å²) < 4.78 is 8.62.